The molecule has 1 atom stereocenters. The lowest BCUT2D eigenvalue weighted by atomic mass is 9.58. The highest BCUT2D eigenvalue weighted by atomic mass is 35.5. The van der Waals surface area contributed by atoms with Gasteiger partial charge in [0.2, 0.25) is 0 Å². The third-order valence-corrected chi connectivity index (χ3v) is 6.18. The molecule has 2 N–H and O–H groups in total. The Labute approximate surface area is 214 Å². The molecule has 12 heteroatoms. The first-order chi connectivity index (χ1) is 17.2. The highest BCUT2D eigenvalue weighted by molar-refractivity contribution is 6.41. The summed E-state index contributed by atoms with van der Waals surface area (Å²) in [4.78, 5) is 28.8. The second kappa shape index (κ2) is 10.7. The van der Waals surface area contributed by atoms with Gasteiger partial charge in [0.05, 0.1) is 39.1 Å². The zero-order chi connectivity index (χ0) is 25.9. The number of cyclic esters (lactones) is 1. The number of amides is 2. The van der Waals surface area contributed by atoms with Gasteiger partial charge in [0, 0.05) is 11.6 Å². The highest BCUT2D eigenvalue weighted by Crippen LogP contribution is 2.31. The molecule has 3 aromatic rings. The largest absolute Gasteiger partial charge is 0.507 e. The molecule has 0 saturated carbocycles. The smallest absolute Gasteiger partial charge is 0.410 e. The molecule has 2 amide bonds. The molecule has 2 aliphatic rings. The minimum absolute atomic E-state index is 0.0565. The summed E-state index contributed by atoms with van der Waals surface area (Å²) in [7, 11) is 11.8. The van der Waals surface area contributed by atoms with Crippen LogP contribution in [-0.2, 0) is 10.1 Å². The Kier molecular flexibility index (Phi) is 7.59. The van der Waals surface area contributed by atoms with Gasteiger partial charge in [0.25, 0.3) is 5.91 Å². The summed E-state index contributed by atoms with van der Waals surface area (Å²) in [6, 6.07) is 8.49. The SMILES string of the molecule is O=C1OC[C@@H]2CCCCN12.[B]C([B])(NC(=O)c1cc(O)c(-c2cnco2)cc1F)c1ccc(Cl)cc1. The summed E-state index contributed by atoms with van der Waals surface area (Å²) >= 11 is 5.80. The van der Waals surface area contributed by atoms with E-state index >= 15 is 0 Å². The van der Waals surface area contributed by atoms with Crippen LogP contribution in [0.4, 0.5) is 9.18 Å². The fourth-order valence-electron chi connectivity index (χ4n) is 4.00. The summed E-state index contributed by atoms with van der Waals surface area (Å²) in [5, 5.41) is 11.1. The van der Waals surface area contributed by atoms with Crippen LogP contribution in [-0.4, -0.2) is 61.9 Å². The predicted octanol–water partition coefficient (Wildman–Crippen LogP) is 3.71. The molecule has 2 saturated heterocycles. The van der Waals surface area contributed by atoms with E-state index in [1.807, 2.05) is 4.90 Å². The van der Waals surface area contributed by atoms with Crippen molar-refractivity contribution in [1.29, 1.82) is 0 Å². The van der Waals surface area contributed by atoms with Crippen LogP contribution in [0.15, 0.2) is 53.4 Å². The topological polar surface area (TPSA) is 105 Å². The predicted molar refractivity (Wildman–Crippen MR) is 131 cm³/mol. The van der Waals surface area contributed by atoms with Crippen LogP contribution >= 0.6 is 11.6 Å². The lowest BCUT2D eigenvalue weighted by molar-refractivity contribution is 0.0937. The fraction of sp³-hybridized carbons (Fsp3) is 0.292. The molecule has 2 fully saturated rings. The number of hydrogen-bond acceptors (Lipinski definition) is 6. The third kappa shape index (κ3) is 5.67. The Balaban J connectivity index is 0.000000251. The van der Waals surface area contributed by atoms with Gasteiger partial charge in [-0.05, 0) is 54.4 Å². The number of nitrogens with zero attached hydrogens (tertiary/aromatic N) is 2. The van der Waals surface area contributed by atoms with Crippen LogP contribution in [0.2, 0.25) is 5.02 Å². The van der Waals surface area contributed by atoms with E-state index < -0.39 is 22.6 Å². The average Bonchev–Trinajstić information content (AvgIpc) is 3.51. The molecule has 2 aliphatic heterocycles. The number of nitrogens with one attached hydrogen (secondary N) is 1. The number of carbonyl (C=O) groups excluding carboxylic acids is 2. The first-order valence-electron chi connectivity index (χ1n) is 11.2. The van der Waals surface area contributed by atoms with Crippen molar-refractivity contribution in [2.24, 2.45) is 0 Å². The molecule has 8 nitrogen and oxygen atoms in total. The number of phenolic OH excluding ortho intramolecular Hbond substituents is 1. The van der Waals surface area contributed by atoms with Gasteiger partial charge in [0.1, 0.15) is 18.2 Å². The molecular formula is C24H21B2ClFN3O5. The van der Waals surface area contributed by atoms with Crippen LogP contribution in [0.1, 0.15) is 35.2 Å². The van der Waals surface area contributed by atoms with Crippen molar-refractivity contribution < 1.29 is 28.2 Å². The third-order valence-electron chi connectivity index (χ3n) is 5.93. The van der Waals surface area contributed by atoms with Crippen molar-refractivity contribution in [2.45, 2.75) is 30.6 Å². The minimum Gasteiger partial charge on any atom is -0.507 e. The average molecular weight is 508 g/mol. The van der Waals surface area contributed by atoms with Crippen molar-refractivity contribution in [2.75, 3.05) is 13.2 Å². The van der Waals surface area contributed by atoms with Gasteiger partial charge in [-0.15, -0.1) is 0 Å². The summed E-state index contributed by atoms with van der Waals surface area (Å²) in [6.07, 6.45) is 5.86. The van der Waals surface area contributed by atoms with Crippen molar-refractivity contribution >= 4 is 39.3 Å². The van der Waals surface area contributed by atoms with Gasteiger partial charge in [-0.1, -0.05) is 23.7 Å². The van der Waals surface area contributed by atoms with Crippen LogP contribution in [0, 0.1) is 5.82 Å². The number of aromatic nitrogens is 1. The van der Waals surface area contributed by atoms with E-state index in [9.17, 15) is 19.1 Å². The Morgan fingerprint density at radius 2 is 2.00 bits per heavy atom. The van der Waals surface area contributed by atoms with Gasteiger partial charge in [-0.2, -0.15) is 0 Å². The maximum atomic E-state index is 14.4. The standard InChI is InChI=1S/C17H10B2ClFN2O3.C7H11NO2/c18-17(19,9-1-3-10(20)4-2-9)23-16(25)11-6-14(24)12(5-13(11)21)15-7-22-8-26-15;9-7-8-4-2-1-3-6(8)5-10-7/h1-8,24H,(H,23,25);6H,1-5H2/t;6-/m.0/s1. The summed E-state index contributed by atoms with van der Waals surface area (Å²) < 4.78 is 24.3. The van der Waals surface area contributed by atoms with Gasteiger partial charge < -0.3 is 24.5 Å². The van der Waals surface area contributed by atoms with Crippen molar-refractivity contribution in [1.82, 2.24) is 15.2 Å². The molecule has 0 aliphatic carbocycles. The molecule has 5 rings (SSSR count). The Hall–Kier alpha value is -3.46. The van der Waals surface area contributed by atoms with Gasteiger partial charge >= 0.3 is 6.09 Å². The highest BCUT2D eigenvalue weighted by Gasteiger charge is 2.34. The van der Waals surface area contributed by atoms with Crippen molar-refractivity contribution in [3.05, 3.63) is 71.0 Å². The zero-order valence-electron chi connectivity index (χ0n) is 19.1. The van der Waals surface area contributed by atoms with E-state index in [1.54, 1.807) is 12.1 Å². The van der Waals surface area contributed by atoms with E-state index in [4.69, 9.17) is 36.4 Å². The molecule has 2 aromatic carbocycles. The maximum Gasteiger partial charge on any atom is 0.410 e. The number of aromatic hydroxyl groups is 1. The number of phenols is 1. The molecule has 1 aromatic heterocycles. The van der Waals surface area contributed by atoms with E-state index in [0.29, 0.717) is 23.2 Å². The molecule has 3 heterocycles. The Morgan fingerprint density at radius 1 is 1.25 bits per heavy atom. The van der Waals surface area contributed by atoms with Gasteiger partial charge in [-0.3, -0.25) is 4.79 Å². The maximum absolute atomic E-state index is 14.4. The lowest BCUT2D eigenvalue weighted by Crippen LogP contribution is -2.47. The lowest BCUT2D eigenvalue weighted by Gasteiger charge is -2.28. The number of rotatable bonds is 4. The molecule has 182 valence electrons. The van der Waals surface area contributed by atoms with Crippen LogP contribution < -0.4 is 5.32 Å². The number of halogens is 2. The van der Waals surface area contributed by atoms with Crippen molar-refractivity contribution in [3.63, 3.8) is 0 Å². The van der Waals surface area contributed by atoms with Gasteiger partial charge in [0.15, 0.2) is 12.2 Å². The molecule has 0 unspecified atom stereocenters. The van der Waals surface area contributed by atoms with Crippen molar-refractivity contribution in [3.8, 4) is 17.1 Å². The molecule has 4 radical (unpaired) electrons. The second-order valence-electron chi connectivity index (χ2n) is 8.46. The number of oxazole rings is 1. The number of carbonyl (C=O) groups is 2. The minimum atomic E-state index is -1.77. The molecule has 0 spiro atoms. The van der Waals surface area contributed by atoms with E-state index in [-0.39, 0.29) is 23.2 Å². The number of fused-ring (bicyclic) bond motifs is 1. The van der Waals surface area contributed by atoms with Gasteiger partial charge in [-0.25, -0.2) is 14.2 Å². The fourth-order valence-corrected chi connectivity index (χ4v) is 4.13. The number of piperidine rings is 1. The summed E-state index contributed by atoms with van der Waals surface area (Å²) in [5.41, 5.74) is -0.0147. The number of ether oxygens (including phenoxy) is 1. The number of benzene rings is 2. The summed E-state index contributed by atoms with van der Waals surface area (Å²) in [6.45, 7) is 1.53. The van der Waals surface area contributed by atoms with Crippen LogP contribution in [0.5, 0.6) is 5.75 Å². The zero-order valence-corrected chi connectivity index (χ0v) is 19.9. The van der Waals surface area contributed by atoms with E-state index in [0.717, 1.165) is 37.9 Å². The molecular weight excluding hydrogens is 486 g/mol. The quantitative estimate of drug-likeness (QED) is 0.522. The summed E-state index contributed by atoms with van der Waals surface area (Å²) in [5.74, 6) is -2.00. The van der Waals surface area contributed by atoms with Crippen LogP contribution in [0.3, 0.4) is 0 Å². The molecule has 36 heavy (non-hydrogen) atoms. The first kappa shape index (κ1) is 25.6. The Bertz CT molecular complexity index is 1240. The Morgan fingerprint density at radius 3 is 2.67 bits per heavy atom. The van der Waals surface area contributed by atoms with Crippen LogP contribution in [0.25, 0.3) is 11.3 Å². The van der Waals surface area contributed by atoms with E-state index in [2.05, 4.69) is 10.3 Å². The number of hydrogen-bond donors (Lipinski definition) is 2. The monoisotopic (exact) mass is 507 g/mol. The van der Waals surface area contributed by atoms with E-state index in [1.165, 1.54) is 24.8 Å². The first-order valence-corrected chi connectivity index (χ1v) is 11.5. The second-order valence-corrected chi connectivity index (χ2v) is 8.90. The normalized spacial score (nSPS) is 17.0. The molecule has 0 bridgehead atoms.